The smallest absolute Gasteiger partial charge is 0.274 e. The molecule has 2 fully saturated rings. The summed E-state index contributed by atoms with van der Waals surface area (Å²) in [6.45, 7) is 2.73. The van der Waals surface area contributed by atoms with E-state index in [0.29, 0.717) is 24.3 Å². The van der Waals surface area contributed by atoms with Gasteiger partial charge in [-0.2, -0.15) is 5.10 Å². The summed E-state index contributed by atoms with van der Waals surface area (Å²) >= 11 is 1.71. The molecule has 2 aromatic rings. The molecule has 1 saturated carbocycles. The van der Waals surface area contributed by atoms with Crippen LogP contribution in [0.3, 0.4) is 0 Å². The molecule has 1 N–H and O–H groups in total. The Bertz CT molecular complexity index is 656. The van der Waals surface area contributed by atoms with Crippen molar-refractivity contribution < 1.29 is 4.79 Å². The minimum absolute atomic E-state index is 0.0726. The van der Waals surface area contributed by atoms with Crippen molar-refractivity contribution in [3.8, 4) is 0 Å². The number of aromatic nitrogens is 2. The largest absolute Gasteiger partial charge is 0.329 e. The highest BCUT2D eigenvalue weighted by Crippen LogP contribution is 2.30. The highest BCUT2D eigenvalue weighted by molar-refractivity contribution is 7.09. The third kappa shape index (κ3) is 3.33. The number of amides is 1. The molecule has 1 amide bonds. The van der Waals surface area contributed by atoms with Crippen LogP contribution in [0.1, 0.15) is 47.1 Å². The Kier molecular flexibility index (Phi) is 4.18. The Labute approximate surface area is 140 Å². The fourth-order valence-electron chi connectivity index (χ4n) is 3.19. The van der Waals surface area contributed by atoms with Crippen LogP contribution in [0.15, 0.2) is 29.8 Å². The third-order valence-corrected chi connectivity index (χ3v) is 5.49. The van der Waals surface area contributed by atoms with E-state index in [4.69, 9.17) is 0 Å². The van der Waals surface area contributed by atoms with Crippen LogP contribution >= 0.6 is 11.3 Å². The molecule has 2 aromatic heterocycles. The van der Waals surface area contributed by atoms with E-state index in [1.165, 1.54) is 11.3 Å². The van der Waals surface area contributed by atoms with Gasteiger partial charge in [0.1, 0.15) is 5.69 Å². The molecule has 2 aliphatic rings. The predicted octanol–water partition coefficient (Wildman–Crippen LogP) is 2.67. The first-order chi connectivity index (χ1) is 11.3. The first-order valence-electron chi connectivity index (χ1n) is 8.40. The molecule has 1 aliphatic carbocycles. The molecule has 1 aliphatic heterocycles. The molecule has 0 radical (unpaired) electrons. The van der Waals surface area contributed by atoms with Gasteiger partial charge >= 0.3 is 0 Å². The van der Waals surface area contributed by atoms with Gasteiger partial charge in [0.2, 0.25) is 0 Å². The zero-order valence-electron chi connectivity index (χ0n) is 13.1. The van der Waals surface area contributed by atoms with Gasteiger partial charge < -0.3 is 10.2 Å². The van der Waals surface area contributed by atoms with Crippen molar-refractivity contribution in [2.45, 2.75) is 44.3 Å². The van der Waals surface area contributed by atoms with Crippen LogP contribution in [0, 0.1) is 0 Å². The molecule has 0 aromatic carbocycles. The molecule has 1 unspecified atom stereocenters. The molecule has 4 rings (SSSR count). The summed E-state index contributed by atoms with van der Waals surface area (Å²) in [7, 11) is 0. The van der Waals surface area contributed by atoms with Crippen molar-refractivity contribution in [2.75, 3.05) is 13.1 Å². The normalized spacial score (nSPS) is 21.3. The van der Waals surface area contributed by atoms with E-state index in [-0.39, 0.29) is 5.91 Å². The Morgan fingerprint density at radius 3 is 3.00 bits per heavy atom. The second-order valence-electron chi connectivity index (χ2n) is 6.42. The van der Waals surface area contributed by atoms with Crippen LogP contribution in [0.4, 0.5) is 0 Å². The maximum absolute atomic E-state index is 12.9. The zero-order chi connectivity index (χ0) is 15.6. The van der Waals surface area contributed by atoms with Crippen molar-refractivity contribution in [1.82, 2.24) is 20.0 Å². The van der Waals surface area contributed by atoms with E-state index < -0.39 is 0 Å². The molecule has 3 heterocycles. The molecule has 0 spiro atoms. The van der Waals surface area contributed by atoms with Crippen LogP contribution in [-0.4, -0.2) is 39.7 Å². The molecular formula is C17H22N4OS. The Morgan fingerprint density at radius 1 is 1.39 bits per heavy atom. The third-order valence-electron chi connectivity index (χ3n) is 4.63. The van der Waals surface area contributed by atoms with E-state index in [0.717, 1.165) is 32.4 Å². The van der Waals surface area contributed by atoms with Gasteiger partial charge in [-0.3, -0.25) is 9.48 Å². The number of rotatable bonds is 5. The van der Waals surface area contributed by atoms with E-state index in [1.807, 2.05) is 27.9 Å². The highest BCUT2D eigenvalue weighted by atomic mass is 32.1. The lowest BCUT2D eigenvalue weighted by atomic mass is 10.1. The quantitative estimate of drug-likeness (QED) is 0.917. The molecule has 5 nitrogen and oxygen atoms in total. The van der Waals surface area contributed by atoms with Gasteiger partial charge in [0, 0.05) is 23.7 Å². The highest BCUT2D eigenvalue weighted by Gasteiger charge is 2.34. The maximum atomic E-state index is 12.9. The van der Waals surface area contributed by atoms with Gasteiger partial charge in [-0.1, -0.05) is 6.07 Å². The van der Waals surface area contributed by atoms with Crippen molar-refractivity contribution in [3.63, 3.8) is 0 Å². The summed E-state index contributed by atoms with van der Waals surface area (Å²) in [6.07, 6.45) is 6.49. The van der Waals surface area contributed by atoms with Crippen LogP contribution < -0.4 is 5.32 Å². The van der Waals surface area contributed by atoms with Crippen LogP contribution in [-0.2, 0) is 6.54 Å². The molecular weight excluding hydrogens is 308 g/mol. The Balaban J connectivity index is 1.49. The average Bonchev–Trinajstić information content (AvgIpc) is 3.10. The second kappa shape index (κ2) is 6.45. The van der Waals surface area contributed by atoms with E-state index in [9.17, 15) is 4.79 Å². The fourth-order valence-corrected chi connectivity index (χ4v) is 3.89. The summed E-state index contributed by atoms with van der Waals surface area (Å²) in [5.74, 6) is 0.0726. The minimum atomic E-state index is 0.0726. The maximum Gasteiger partial charge on any atom is 0.274 e. The minimum Gasteiger partial charge on any atom is -0.329 e. The number of carbonyl (C=O) groups is 1. The van der Waals surface area contributed by atoms with E-state index >= 15 is 0 Å². The van der Waals surface area contributed by atoms with Crippen molar-refractivity contribution in [3.05, 3.63) is 40.3 Å². The molecule has 23 heavy (non-hydrogen) atoms. The van der Waals surface area contributed by atoms with Gasteiger partial charge in [0.25, 0.3) is 5.91 Å². The number of nitrogens with zero attached hydrogens (tertiary/aromatic N) is 3. The first kappa shape index (κ1) is 14.9. The summed E-state index contributed by atoms with van der Waals surface area (Å²) in [6, 6.07) is 6.78. The van der Waals surface area contributed by atoms with Crippen LogP contribution in [0.5, 0.6) is 0 Å². The average molecular weight is 330 g/mol. The van der Waals surface area contributed by atoms with Crippen molar-refractivity contribution in [2.24, 2.45) is 0 Å². The number of carbonyl (C=O) groups excluding carboxylic acids is 1. The van der Waals surface area contributed by atoms with Gasteiger partial charge in [-0.05, 0) is 49.7 Å². The number of thiophene rings is 1. The lowest BCUT2D eigenvalue weighted by molar-refractivity contribution is 0.0724. The topological polar surface area (TPSA) is 50.2 Å². The Morgan fingerprint density at radius 2 is 2.30 bits per heavy atom. The molecule has 0 bridgehead atoms. The molecule has 122 valence electrons. The first-order valence-corrected chi connectivity index (χ1v) is 9.28. The van der Waals surface area contributed by atoms with Gasteiger partial charge in [0.15, 0.2) is 0 Å². The van der Waals surface area contributed by atoms with Crippen molar-refractivity contribution >= 4 is 17.2 Å². The van der Waals surface area contributed by atoms with Crippen LogP contribution in [0.2, 0.25) is 0 Å². The summed E-state index contributed by atoms with van der Waals surface area (Å²) in [5.41, 5.74) is 0.582. The van der Waals surface area contributed by atoms with Crippen LogP contribution in [0.25, 0.3) is 0 Å². The lowest BCUT2D eigenvalue weighted by Gasteiger charge is -2.23. The number of nitrogens with one attached hydrogen (secondary N) is 1. The fraction of sp³-hybridized carbons (Fsp3) is 0.529. The molecule has 6 heteroatoms. The standard InChI is InChI=1S/C17H22N4OS/c22-17(20(13-5-6-13)12-15-4-2-10-23-15)16-7-9-21(19-16)14-3-1-8-18-11-14/h2,4,7,9-10,13-14,18H,1,3,5-6,8,11-12H2. The zero-order valence-corrected chi connectivity index (χ0v) is 14.0. The summed E-state index contributed by atoms with van der Waals surface area (Å²) in [4.78, 5) is 16.1. The summed E-state index contributed by atoms with van der Waals surface area (Å²) in [5, 5.41) is 10.0. The van der Waals surface area contributed by atoms with Crippen molar-refractivity contribution in [1.29, 1.82) is 0 Å². The second-order valence-corrected chi connectivity index (χ2v) is 7.46. The predicted molar refractivity (Wildman–Crippen MR) is 90.6 cm³/mol. The van der Waals surface area contributed by atoms with E-state index in [1.54, 1.807) is 11.3 Å². The SMILES string of the molecule is O=C(c1ccn(C2CCCNC2)n1)N(Cc1cccs1)C1CC1. The number of hydrogen-bond donors (Lipinski definition) is 1. The number of piperidine rings is 1. The Hall–Kier alpha value is -1.66. The van der Waals surface area contributed by atoms with Gasteiger partial charge in [-0.15, -0.1) is 11.3 Å². The molecule has 1 saturated heterocycles. The number of hydrogen-bond acceptors (Lipinski definition) is 4. The molecule has 1 atom stereocenters. The monoisotopic (exact) mass is 330 g/mol. The van der Waals surface area contributed by atoms with E-state index in [2.05, 4.69) is 21.9 Å². The summed E-state index contributed by atoms with van der Waals surface area (Å²) < 4.78 is 1.97. The van der Waals surface area contributed by atoms with Gasteiger partial charge in [0.05, 0.1) is 12.6 Å². The van der Waals surface area contributed by atoms with Gasteiger partial charge in [-0.25, -0.2) is 0 Å². The lowest BCUT2D eigenvalue weighted by Crippen LogP contribution is -2.34.